The van der Waals surface area contributed by atoms with Gasteiger partial charge in [0.15, 0.2) is 5.78 Å². The number of carbonyl (C=O) groups is 2. The van der Waals surface area contributed by atoms with E-state index in [-0.39, 0.29) is 30.4 Å². The molecule has 0 unspecified atom stereocenters. The molecule has 1 aromatic carbocycles. The predicted octanol–water partition coefficient (Wildman–Crippen LogP) is 2.26. The fourth-order valence-corrected chi connectivity index (χ4v) is 2.49. The van der Waals surface area contributed by atoms with Gasteiger partial charge in [-0.15, -0.1) is 0 Å². The van der Waals surface area contributed by atoms with Crippen molar-refractivity contribution >= 4 is 17.5 Å². The third-order valence-electron chi connectivity index (χ3n) is 3.59. The summed E-state index contributed by atoms with van der Waals surface area (Å²) in [7, 11) is 0. The van der Waals surface area contributed by atoms with Gasteiger partial charge in [0.2, 0.25) is 0 Å². The Balaban J connectivity index is 1.93. The van der Waals surface area contributed by atoms with Crippen molar-refractivity contribution in [1.82, 2.24) is 5.32 Å². The quantitative estimate of drug-likeness (QED) is 0.587. The lowest BCUT2D eigenvalue weighted by molar-refractivity contribution is 0.101. The molecule has 0 fully saturated rings. The van der Waals surface area contributed by atoms with Crippen molar-refractivity contribution in [3.63, 3.8) is 0 Å². The summed E-state index contributed by atoms with van der Waals surface area (Å²) in [4.78, 5) is 23.3. The SMILES string of the molecule is CC(=O)c1ccc(NC(=O)N[C@@H]2C=C[C@H](CO)C2)cc1C. The van der Waals surface area contributed by atoms with Gasteiger partial charge in [0, 0.05) is 29.8 Å². The summed E-state index contributed by atoms with van der Waals surface area (Å²) >= 11 is 0. The zero-order chi connectivity index (χ0) is 15.4. The van der Waals surface area contributed by atoms with Crippen molar-refractivity contribution in [1.29, 1.82) is 0 Å². The summed E-state index contributed by atoms with van der Waals surface area (Å²) in [6, 6.07) is 4.85. The Morgan fingerprint density at radius 3 is 2.67 bits per heavy atom. The van der Waals surface area contributed by atoms with E-state index in [1.54, 1.807) is 18.2 Å². The maximum Gasteiger partial charge on any atom is 0.319 e. The average Bonchev–Trinajstić information content (AvgIpc) is 2.85. The number of urea groups is 1. The van der Waals surface area contributed by atoms with E-state index in [0.29, 0.717) is 17.7 Å². The van der Waals surface area contributed by atoms with Gasteiger partial charge in [-0.05, 0) is 44.0 Å². The summed E-state index contributed by atoms with van der Waals surface area (Å²) in [6.07, 6.45) is 4.52. The number of anilines is 1. The lowest BCUT2D eigenvalue weighted by Crippen LogP contribution is -2.36. The van der Waals surface area contributed by atoms with E-state index in [0.717, 1.165) is 5.56 Å². The molecule has 0 bridgehead atoms. The summed E-state index contributed by atoms with van der Waals surface area (Å²) in [5.41, 5.74) is 2.14. The van der Waals surface area contributed by atoms with E-state index in [9.17, 15) is 9.59 Å². The van der Waals surface area contributed by atoms with Crippen molar-refractivity contribution in [3.8, 4) is 0 Å². The van der Waals surface area contributed by atoms with Crippen LogP contribution in [0.3, 0.4) is 0 Å². The lowest BCUT2D eigenvalue weighted by atomic mass is 10.1. The molecular formula is C16H20N2O3. The first kappa shape index (κ1) is 15.3. The molecule has 5 heteroatoms. The Morgan fingerprint density at radius 1 is 1.33 bits per heavy atom. The van der Waals surface area contributed by atoms with E-state index in [2.05, 4.69) is 10.6 Å². The number of Topliss-reactive ketones (excluding diaryl/α,β-unsaturated/α-hetero) is 1. The Labute approximate surface area is 124 Å². The molecule has 0 spiro atoms. The van der Waals surface area contributed by atoms with Crippen LogP contribution in [0.25, 0.3) is 0 Å². The zero-order valence-electron chi connectivity index (χ0n) is 12.2. The van der Waals surface area contributed by atoms with E-state index in [4.69, 9.17) is 5.11 Å². The molecule has 2 rings (SSSR count). The molecule has 2 amide bonds. The van der Waals surface area contributed by atoms with Crippen molar-refractivity contribution in [3.05, 3.63) is 41.5 Å². The number of nitrogens with one attached hydrogen (secondary N) is 2. The van der Waals surface area contributed by atoms with E-state index in [1.165, 1.54) is 6.92 Å². The van der Waals surface area contributed by atoms with Crippen LogP contribution in [0, 0.1) is 12.8 Å². The summed E-state index contributed by atoms with van der Waals surface area (Å²) < 4.78 is 0. The van der Waals surface area contributed by atoms with Crippen LogP contribution in [0.5, 0.6) is 0 Å². The Morgan fingerprint density at radius 2 is 2.10 bits per heavy atom. The van der Waals surface area contributed by atoms with Crippen LogP contribution < -0.4 is 10.6 Å². The highest BCUT2D eigenvalue weighted by Gasteiger charge is 2.19. The highest BCUT2D eigenvalue weighted by molar-refractivity contribution is 5.97. The Kier molecular flexibility index (Phi) is 4.75. The second kappa shape index (κ2) is 6.54. The van der Waals surface area contributed by atoms with Crippen LogP contribution in [-0.2, 0) is 0 Å². The number of amides is 2. The van der Waals surface area contributed by atoms with Crippen LogP contribution in [0.1, 0.15) is 29.3 Å². The molecule has 1 aliphatic rings. The number of benzene rings is 1. The van der Waals surface area contributed by atoms with Crippen LogP contribution in [0.15, 0.2) is 30.4 Å². The number of hydrogen-bond donors (Lipinski definition) is 3. The van der Waals surface area contributed by atoms with Gasteiger partial charge in [-0.25, -0.2) is 4.79 Å². The molecule has 0 aliphatic heterocycles. The molecule has 21 heavy (non-hydrogen) atoms. The Hall–Kier alpha value is -2.14. The van der Waals surface area contributed by atoms with Crippen molar-refractivity contribution in [2.45, 2.75) is 26.3 Å². The zero-order valence-corrected chi connectivity index (χ0v) is 12.2. The standard InChI is InChI=1S/C16H20N2O3/c1-10-7-13(5-6-15(10)11(2)20)17-16(21)18-14-4-3-12(8-14)9-19/h3-7,12,14,19H,8-9H2,1-2H3,(H2,17,18,21)/t12-,14+/m0/s1. The third-order valence-corrected chi connectivity index (χ3v) is 3.59. The minimum atomic E-state index is -0.293. The highest BCUT2D eigenvalue weighted by Crippen LogP contribution is 2.18. The summed E-state index contributed by atoms with van der Waals surface area (Å²) in [5.74, 6) is 0.127. The number of aryl methyl sites for hydroxylation is 1. The molecule has 0 radical (unpaired) electrons. The number of aliphatic hydroxyl groups excluding tert-OH is 1. The van der Waals surface area contributed by atoms with Gasteiger partial charge in [0.1, 0.15) is 0 Å². The first-order valence-electron chi connectivity index (χ1n) is 6.98. The van der Waals surface area contributed by atoms with Crippen LogP contribution >= 0.6 is 0 Å². The van der Waals surface area contributed by atoms with Crippen LogP contribution in [0.4, 0.5) is 10.5 Å². The fourth-order valence-electron chi connectivity index (χ4n) is 2.49. The van der Waals surface area contributed by atoms with E-state index >= 15 is 0 Å². The smallest absolute Gasteiger partial charge is 0.319 e. The molecule has 0 saturated heterocycles. The van der Waals surface area contributed by atoms with Gasteiger partial charge in [0.05, 0.1) is 0 Å². The number of ketones is 1. The Bertz CT molecular complexity index is 581. The number of aliphatic hydroxyl groups is 1. The van der Waals surface area contributed by atoms with Crippen LogP contribution in [0.2, 0.25) is 0 Å². The first-order valence-corrected chi connectivity index (χ1v) is 6.98. The average molecular weight is 288 g/mol. The van der Waals surface area contributed by atoms with Crippen molar-refractivity contribution in [2.75, 3.05) is 11.9 Å². The van der Waals surface area contributed by atoms with Crippen molar-refractivity contribution in [2.24, 2.45) is 5.92 Å². The second-order valence-corrected chi connectivity index (χ2v) is 5.35. The number of carbonyl (C=O) groups excluding carboxylic acids is 2. The third kappa shape index (κ3) is 3.92. The maximum atomic E-state index is 11.9. The summed E-state index contributed by atoms with van der Waals surface area (Å²) in [5, 5.41) is 14.6. The van der Waals surface area contributed by atoms with Gasteiger partial charge in [-0.3, -0.25) is 4.79 Å². The monoisotopic (exact) mass is 288 g/mol. The second-order valence-electron chi connectivity index (χ2n) is 5.35. The summed E-state index contributed by atoms with van der Waals surface area (Å²) in [6.45, 7) is 3.46. The highest BCUT2D eigenvalue weighted by atomic mass is 16.3. The topological polar surface area (TPSA) is 78.4 Å². The minimum Gasteiger partial charge on any atom is -0.396 e. The molecule has 2 atom stereocenters. The largest absolute Gasteiger partial charge is 0.396 e. The molecule has 112 valence electrons. The van der Waals surface area contributed by atoms with Gasteiger partial charge >= 0.3 is 6.03 Å². The maximum absolute atomic E-state index is 11.9. The number of hydrogen-bond acceptors (Lipinski definition) is 3. The molecule has 1 aliphatic carbocycles. The molecule has 5 nitrogen and oxygen atoms in total. The molecular weight excluding hydrogens is 268 g/mol. The van der Waals surface area contributed by atoms with Gasteiger partial charge < -0.3 is 15.7 Å². The molecule has 3 N–H and O–H groups in total. The van der Waals surface area contributed by atoms with Crippen molar-refractivity contribution < 1.29 is 14.7 Å². The van der Waals surface area contributed by atoms with Gasteiger partial charge in [-0.2, -0.15) is 0 Å². The molecule has 0 saturated carbocycles. The van der Waals surface area contributed by atoms with Crippen LogP contribution in [-0.4, -0.2) is 29.6 Å². The van der Waals surface area contributed by atoms with Gasteiger partial charge in [-0.1, -0.05) is 12.2 Å². The van der Waals surface area contributed by atoms with Gasteiger partial charge in [0.25, 0.3) is 0 Å². The van der Waals surface area contributed by atoms with E-state index in [1.807, 2.05) is 19.1 Å². The first-order chi connectivity index (χ1) is 9.99. The van der Waals surface area contributed by atoms with E-state index < -0.39 is 0 Å². The number of rotatable bonds is 4. The predicted molar refractivity (Wildman–Crippen MR) is 81.5 cm³/mol. The molecule has 0 aromatic heterocycles. The molecule has 0 heterocycles. The lowest BCUT2D eigenvalue weighted by Gasteiger charge is -2.14. The fraction of sp³-hybridized carbons (Fsp3) is 0.375. The minimum absolute atomic E-state index is 0.00893. The normalized spacial score (nSPS) is 20.3. The molecule has 1 aromatic rings.